The van der Waals surface area contributed by atoms with E-state index in [0.29, 0.717) is 50.1 Å². The van der Waals surface area contributed by atoms with Crippen molar-refractivity contribution in [3.8, 4) is 6.07 Å². The highest BCUT2D eigenvalue weighted by Crippen LogP contribution is 2.43. The van der Waals surface area contributed by atoms with Gasteiger partial charge in [-0.2, -0.15) is 49.1 Å². The molecule has 3 aliphatic carbocycles. The van der Waals surface area contributed by atoms with E-state index in [9.17, 15) is 61.9 Å². The average molecular weight is 1050 g/mol. The minimum absolute atomic E-state index is 0.0368. The maximum absolute atomic E-state index is 14.2. The molecular weight excluding hydrogens is 994 g/mol. The summed E-state index contributed by atoms with van der Waals surface area (Å²) in [7, 11) is -17.6. The van der Waals surface area contributed by atoms with Gasteiger partial charge in [0.2, 0.25) is 5.91 Å². The van der Waals surface area contributed by atoms with Crippen molar-refractivity contribution in [3.05, 3.63) is 11.3 Å². The topological polar surface area (TPSA) is 355 Å². The zero-order chi connectivity index (χ0) is 47.8. The Morgan fingerprint density at radius 2 is 1.45 bits per heavy atom. The number of aromatic nitrogens is 2. The number of alkyl halides is 2. The molecule has 0 aliphatic heterocycles. The Hall–Kier alpha value is -1.82. The second kappa shape index (κ2) is 23.5. The van der Waals surface area contributed by atoms with E-state index in [4.69, 9.17) is 28.5 Å². The molecule has 23 nitrogen and oxygen atoms in total. The minimum atomic E-state index is -4.63. The van der Waals surface area contributed by atoms with E-state index in [0.717, 1.165) is 0 Å². The lowest BCUT2D eigenvalue weighted by atomic mass is 9.84. The lowest BCUT2D eigenvalue weighted by molar-refractivity contribution is -0.432. The lowest BCUT2D eigenvalue weighted by Gasteiger charge is -2.41. The van der Waals surface area contributed by atoms with Gasteiger partial charge in [0.1, 0.15) is 11.6 Å². The number of rotatable bonds is 22. The van der Waals surface area contributed by atoms with Gasteiger partial charge in [-0.15, -0.1) is 32.6 Å². The first-order valence-corrected chi connectivity index (χ1v) is 28.3. The van der Waals surface area contributed by atoms with Gasteiger partial charge >= 0.3 is 0 Å². The number of carbonyl (C=O) groups is 1. The molecule has 1 aromatic heterocycles. The molecule has 3 fully saturated rings. The van der Waals surface area contributed by atoms with E-state index in [1.807, 2.05) is 4.90 Å². The SMILES string of the molecule is CC(C)c1nn(C2C(Cl)CC(S(=O)(=O)O)CC2Cl)c(N=NC2CCC(N(CCCCS(=O)(=O)O)CCCCS(=O)(=O)O)CC2NC(=O)C2CC(SOOO)CC(S(=O)(=O)O)C2)c1C#N. The molecule has 8 atom stereocenters. The van der Waals surface area contributed by atoms with Gasteiger partial charge < -0.3 is 10.2 Å². The first kappa shape index (κ1) is 54.8. The number of nitrogens with one attached hydrogen (secondary N) is 1. The highest BCUT2D eigenvalue weighted by atomic mass is 35.5. The quantitative estimate of drug-likeness (QED) is 0.0179. The molecule has 8 unspecified atom stereocenters. The third kappa shape index (κ3) is 16.2. The predicted molar refractivity (Wildman–Crippen MR) is 234 cm³/mol. The van der Waals surface area contributed by atoms with E-state index < -0.39 is 108 Å². The molecule has 0 spiro atoms. The summed E-state index contributed by atoms with van der Waals surface area (Å²) in [5.41, 5.74) is 0.358. The summed E-state index contributed by atoms with van der Waals surface area (Å²) in [6, 6.07) is -0.801. The molecule has 1 amide bonds. The van der Waals surface area contributed by atoms with Crippen molar-refractivity contribution in [2.45, 2.75) is 147 Å². The molecular formula is C34H55Cl2N7O16S5. The third-order valence-electron chi connectivity index (χ3n) is 11.7. The normalized spacial score (nSPS) is 28.7. The summed E-state index contributed by atoms with van der Waals surface area (Å²) in [6.07, 6.45) is 0.910. The Labute approximate surface area is 387 Å². The number of nitrogens with zero attached hydrogens (tertiary/aromatic N) is 6. The first-order valence-electron chi connectivity index (χ1n) is 20.4. The molecule has 0 bridgehead atoms. The van der Waals surface area contributed by atoms with Gasteiger partial charge in [0.05, 0.1) is 56.6 Å². The predicted octanol–water partition coefficient (Wildman–Crippen LogP) is 4.31. The van der Waals surface area contributed by atoms with Crippen LogP contribution in [0.25, 0.3) is 0 Å². The number of amides is 1. The van der Waals surface area contributed by atoms with E-state index in [-0.39, 0.29) is 81.1 Å². The summed E-state index contributed by atoms with van der Waals surface area (Å²) in [5, 5.41) is 34.2. The van der Waals surface area contributed by atoms with Crippen LogP contribution in [0.1, 0.15) is 114 Å². The Kier molecular flexibility index (Phi) is 20.1. The minimum Gasteiger partial charge on any atom is -0.351 e. The summed E-state index contributed by atoms with van der Waals surface area (Å²) >= 11 is 14.0. The molecule has 1 aromatic rings. The van der Waals surface area contributed by atoms with Crippen LogP contribution in [0.15, 0.2) is 10.2 Å². The van der Waals surface area contributed by atoms with Gasteiger partial charge in [0, 0.05) is 29.3 Å². The van der Waals surface area contributed by atoms with Gasteiger partial charge in [-0.1, -0.05) is 18.9 Å². The molecule has 4 rings (SSSR count). The van der Waals surface area contributed by atoms with Crippen molar-refractivity contribution in [2.24, 2.45) is 16.1 Å². The van der Waals surface area contributed by atoms with E-state index in [2.05, 4.69) is 36.1 Å². The summed E-state index contributed by atoms with van der Waals surface area (Å²) in [5.74, 6) is -2.96. The van der Waals surface area contributed by atoms with Crippen LogP contribution in [0.5, 0.6) is 0 Å². The number of unbranched alkanes of at least 4 members (excludes halogenated alkanes) is 2. The standard InChI is InChI=1S/C34H55Cl2N7O16S5/c1-20(2)31-26(19-37)33(43(41-31)32-27(35)17-25(18-28(32)36)64(55,56)57)40-39-29-8-7-22(42(9-3-5-11-61(46,47)48)10-4-6-12-62(49,50)51)15-30(29)38-34(44)21-13-23(60-59-58-45)16-24(14-21)63(52,53)54/h20-25,27-30,32,45H,3-18H2,1-2H3,(H,38,44)(H,46,47,48)(H,49,50,51)(H,52,53,54)(H,55,56,57). The molecule has 3 aliphatic rings. The Morgan fingerprint density at radius 3 is 1.95 bits per heavy atom. The fraction of sp³-hybridized carbons (Fsp3) is 0.853. The van der Waals surface area contributed by atoms with E-state index >= 15 is 0 Å². The Bertz CT molecular complexity index is 2230. The molecule has 3 saturated carbocycles. The van der Waals surface area contributed by atoms with Crippen molar-refractivity contribution >= 4 is 87.4 Å². The second-order valence-corrected chi connectivity index (χ2v) is 25.4. The largest absolute Gasteiger partial charge is 0.351 e. The molecule has 0 radical (unpaired) electrons. The number of hydrogen-bond donors (Lipinski definition) is 6. The highest BCUT2D eigenvalue weighted by Gasteiger charge is 2.45. The van der Waals surface area contributed by atoms with Crippen molar-refractivity contribution in [2.75, 3.05) is 24.6 Å². The lowest BCUT2D eigenvalue weighted by Crippen LogP contribution is -2.53. The fourth-order valence-corrected chi connectivity index (χ4v) is 13.8. The van der Waals surface area contributed by atoms with Crippen LogP contribution in [0.4, 0.5) is 5.82 Å². The van der Waals surface area contributed by atoms with Crippen LogP contribution in [0.2, 0.25) is 0 Å². The highest BCUT2D eigenvalue weighted by molar-refractivity contribution is 7.95. The zero-order valence-corrected chi connectivity index (χ0v) is 40.5. The van der Waals surface area contributed by atoms with Gasteiger partial charge in [-0.25, -0.2) is 9.94 Å². The number of carbonyl (C=O) groups excluding carboxylic acids is 1. The van der Waals surface area contributed by atoms with E-state index in [1.165, 1.54) is 4.68 Å². The number of nitriles is 1. The summed E-state index contributed by atoms with van der Waals surface area (Å²) in [6.45, 7) is 4.16. The summed E-state index contributed by atoms with van der Waals surface area (Å²) in [4.78, 5) is 16.1. The van der Waals surface area contributed by atoms with Crippen LogP contribution >= 0.6 is 35.2 Å². The van der Waals surface area contributed by atoms with Crippen molar-refractivity contribution < 1.29 is 71.3 Å². The molecule has 64 heavy (non-hydrogen) atoms. The monoisotopic (exact) mass is 1050 g/mol. The smallest absolute Gasteiger partial charge is 0.267 e. The molecule has 0 saturated heterocycles. The maximum atomic E-state index is 14.2. The number of azo groups is 1. The van der Waals surface area contributed by atoms with Crippen molar-refractivity contribution in [1.82, 2.24) is 20.0 Å². The van der Waals surface area contributed by atoms with Gasteiger partial charge in [0.25, 0.3) is 40.5 Å². The van der Waals surface area contributed by atoms with Crippen LogP contribution < -0.4 is 5.32 Å². The Morgan fingerprint density at radius 1 is 0.891 bits per heavy atom. The Balaban J connectivity index is 1.72. The third-order valence-corrected chi connectivity index (χ3v) is 17.5. The van der Waals surface area contributed by atoms with Crippen LogP contribution in [-0.2, 0) is 54.6 Å². The van der Waals surface area contributed by atoms with Crippen LogP contribution in [-0.4, -0.2) is 147 Å². The molecule has 0 aromatic carbocycles. The van der Waals surface area contributed by atoms with Crippen molar-refractivity contribution in [3.63, 3.8) is 0 Å². The molecule has 1 heterocycles. The average Bonchev–Trinajstić information content (AvgIpc) is 3.55. The molecule has 30 heteroatoms. The van der Waals surface area contributed by atoms with Gasteiger partial charge in [-0.05, 0) is 96.1 Å². The summed E-state index contributed by atoms with van der Waals surface area (Å²) < 4.78 is 139. The van der Waals surface area contributed by atoms with E-state index in [1.54, 1.807) is 13.8 Å². The van der Waals surface area contributed by atoms with Gasteiger partial charge in [-0.3, -0.25) is 23.0 Å². The van der Waals surface area contributed by atoms with Gasteiger partial charge in [0.15, 0.2) is 5.82 Å². The maximum Gasteiger partial charge on any atom is 0.267 e. The van der Waals surface area contributed by atoms with Crippen molar-refractivity contribution in [1.29, 1.82) is 5.26 Å². The number of halogens is 2. The fourth-order valence-electron chi connectivity index (χ4n) is 8.60. The number of hydrogen-bond acceptors (Lipinski definition) is 18. The van der Waals surface area contributed by atoms with Crippen LogP contribution in [0.3, 0.4) is 0 Å². The zero-order valence-electron chi connectivity index (χ0n) is 34.9. The molecule has 366 valence electrons. The second-order valence-electron chi connectivity index (χ2n) is 16.7. The first-order chi connectivity index (χ1) is 29.7. The van der Waals surface area contributed by atoms with Crippen LogP contribution in [0, 0.1) is 17.2 Å². The molecule has 6 N–H and O–H groups in total.